The molecular weight excluding hydrogens is 286 g/mol. The number of piperidine rings is 1. The van der Waals surface area contributed by atoms with Crippen molar-refractivity contribution in [2.45, 2.75) is 52.1 Å². The van der Waals surface area contributed by atoms with Crippen molar-refractivity contribution in [3.8, 4) is 0 Å². The number of allylic oxidation sites excluding steroid dienone is 2. The standard InChI is InChI=1S/C20H27NO2/c1-2-3-7-18-14-20(15-18)10-12-21(13-11-20)19(22)23-16-17-8-5-4-6-9-17/h4-9H,2-3,10-16H2,1H3. The summed E-state index contributed by atoms with van der Waals surface area (Å²) in [5, 5.41) is 0. The molecule has 124 valence electrons. The van der Waals surface area contributed by atoms with Crippen LogP contribution in [0, 0.1) is 5.41 Å². The van der Waals surface area contributed by atoms with Crippen LogP contribution >= 0.6 is 0 Å². The van der Waals surface area contributed by atoms with E-state index in [1.807, 2.05) is 35.2 Å². The van der Waals surface area contributed by atoms with Gasteiger partial charge in [0.05, 0.1) is 0 Å². The lowest BCUT2D eigenvalue weighted by molar-refractivity contribution is 0.0459. The Morgan fingerprint density at radius 2 is 1.91 bits per heavy atom. The Labute approximate surface area is 139 Å². The van der Waals surface area contributed by atoms with Gasteiger partial charge in [0.15, 0.2) is 0 Å². The van der Waals surface area contributed by atoms with Crippen LogP contribution in [0.1, 0.15) is 51.0 Å². The van der Waals surface area contributed by atoms with Gasteiger partial charge in [-0.2, -0.15) is 0 Å². The van der Waals surface area contributed by atoms with E-state index >= 15 is 0 Å². The molecule has 0 bridgehead atoms. The van der Waals surface area contributed by atoms with E-state index < -0.39 is 0 Å². The SMILES string of the molecule is CCCC=C1CC2(CCN(C(=O)OCc3ccccc3)CC2)C1. The van der Waals surface area contributed by atoms with Crippen molar-refractivity contribution < 1.29 is 9.53 Å². The van der Waals surface area contributed by atoms with Crippen LogP contribution < -0.4 is 0 Å². The van der Waals surface area contributed by atoms with Crippen LogP contribution in [0.3, 0.4) is 0 Å². The number of hydrogen-bond donors (Lipinski definition) is 0. The fraction of sp³-hybridized carbons (Fsp3) is 0.550. The molecular formula is C20H27NO2. The number of benzene rings is 1. The quantitative estimate of drug-likeness (QED) is 0.738. The Balaban J connectivity index is 1.42. The first-order valence-electron chi connectivity index (χ1n) is 8.84. The van der Waals surface area contributed by atoms with Crippen molar-refractivity contribution in [3.63, 3.8) is 0 Å². The summed E-state index contributed by atoms with van der Waals surface area (Å²) in [6.07, 6.45) is 9.45. The highest BCUT2D eigenvalue weighted by Gasteiger charge is 2.43. The maximum Gasteiger partial charge on any atom is 0.410 e. The van der Waals surface area contributed by atoms with Crippen LogP contribution in [0.5, 0.6) is 0 Å². The Hall–Kier alpha value is -1.77. The Morgan fingerprint density at radius 3 is 2.57 bits per heavy atom. The van der Waals surface area contributed by atoms with Crippen molar-refractivity contribution in [1.29, 1.82) is 0 Å². The minimum Gasteiger partial charge on any atom is -0.445 e. The van der Waals surface area contributed by atoms with Crippen LogP contribution in [0.4, 0.5) is 4.79 Å². The molecule has 3 nitrogen and oxygen atoms in total. The Kier molecular flexibility index (Phi) is 5.04. The fourth-order valence-electron chi connectivity index (χ4n) is 3.73. The Morgan fingerprint density at radius 1 is 1.22 bits per heavy atom. The lowest BCUT2D eigenvalue weighted by Gasteiger charge is -2.49. The molecule has 1 spiro atoms. The van der Waals surface area contributed by atoms with Crippen LogP contribution in [-0.4, -0.2) is 24.1 Å². The van der Waals surface area contributed by atoms with Gasteiger partial charge in [0.25, 0.3) is 0 Å². The van der Waals surface area contributed by atoms with Gasteiger partial charge in [-0.05, 0) is 43.1 Å². The molecule has 1 aliphatic carbocycles. The van der Waals surface area contributed by atoms with Gasteiger partial charge in [-0.1, -0.05) is 55.3 Å². The first-order chi connectivity index (χ1) is 11.2. The largest absolute Gasteiger partial charge is 0.445 e. The van der Waals surface area contributed by atoms with Crippen molar-refractivity contribution in [2.75, 3.05) is 13.1 Å². The molecule has 1 heterocycles. The third-order valence-corrected chi connectivity index (χ3v) is 5.21. The summed E-state index contributed by atoms with van der Waals surface area (Å²) in [7, 11) is 0. The molecule has 2 fully saturated rings. The highest BCUT2D eigenvalue weighted by atomic mass is 16.6. The van der Waals surface area contributed by atoms with Crippen LogP contribution in [-0.2, 0) is 11.3 Å². The molecule has 1 amide bonds. The number of likely N-dealkylation sites (tertiary alicyclic amines) is 1. The lowest BCUT2D eigenvalue weighted by Crippen LogP contribution is -2.46. The third-order valence-electron chi connectivity index (χ3n) is 5.21. The summed E-state index contributed by atoms with van der Waals surface area (Å²) in [5.41, 5.74) is 3.15. The number of amides is 1. The molecule has 0 N–H and O–H groups in total. The average Bonchev–Trinajstić information content (AvgIpc) is 2.57. The molecule has 1 saturated heterocycles. The zero-order valence-electron chi connectivity index (χ0n) is 14.1. The predicted octanol–water partition coefficient (Wildman–Crippen LogP) is 4.93. The second-order valence-electron chi connectivity index (χ2n) is 7.03. The molecule has 1 aromatic rings. The summed E-state index contributed by atoms with van der Waals surface area (Å²) in [4.78, 5) is 14.1. The summed E-state index contributed by atoms with van der Waals surface area (Å²) in [6.45, 7) is 4.28. The van der Waals surface area contributed by atoms with E-state index in [4.69, 9.17) is 4.74 Å². The molecule has 0 atom stereocenters. The fourth-order valence-corrected chi connectivity index (χ4v) is 3.73. The molecule has 0 aromatic heterocycles. The molecule has 23 heavy (non-hydrogen) atoms. The van der Waals surface area contributed by atoms with Crippen molar-refractivity contribution in [1.82, 2.24) is 4.90 Å². The first-order valence-corrected chi connectivity index (χ1v) is 8.84. The molecule has 0 unspecified atom stereocenters. The van der Waals surface area contributed by atoms with E-state index in [-0.39, 0.29) is 6.09 Å². The number of carbonyl (C=O) groups is 1. The third kappa shape index (κ3) is 3.95. The average molecular weight is 313 g/mol. The summed E-state index contributed by atoms with van der Waals surface area (Å²) < 4.78 is 5.44. The van der Waals surface area contributed by atoms with Crippen LogP contribution in [0.15, 0.2) is 42.0 Å². The van der Waals surface area contributed by atoms with Gasteiger partial charge in [0.1, 0.15) is 6.61 Å². The lowest BCUT2D eigenvalue weighted by atomic mass is 9.60. The summed E-state index contributed by atoms with van der Waals surface area (Å²) in [5.74, 6) is 0. The minimum atomic E-state index is -0.162. The van der Waals surface area contributed by atoms with E-state index in [9.17, 15) is 4.79 Å². The molecule has 1 saturated carbocycles. The van der Waals surface area contributed by atoms with Gasteiger partial charge in [0.2, 0.25) is 0 Å². The van der Waals surface area contributed by atoms with Gasteiger partial charge < -0.3 is 9.64 Å². The highest BCUT2D eigenvalue weighted by Crippen LogP contribution is 2.52. The number of ether oxygens (including phenoxy) is 1. The highest BCUT2D eigenvalue weighted by molar-refractivity contribution is 5.67. The number of carbonyl (C=O) groups excluding carboxylic acids is 1. The second kappa shape index (κ2) is 7.20. The van der Waals surface area contributed by atoms with E-state index in [1.165, 1.54) is 25.7 Å². The van der Waals surface area contributed by atoms with Gasteiger partial charge >= 0.3 is 6.09 Å². The van der Waals surface area contributed by atoms with Gasteiger partial charge in [-0.3, -0.25) is 0 Å². The number of unbranched alkanes of at least 4 members (excludes halogenated alkanes) is 1. The smallest absolute Gasteiger partial charge is 0.410 e. The van der Waals surface area contributed by atoms with Crippen molar-refractivity contribution in [3.05, 3.63) is 47.5 Å². The molecule has 1 aliphatic heterocycles. The van der Waals surface area contributed by atoms with E-state index in [0.717, 1.165) is 31.5 Å². The maximum absolute atomic E-state index is 12.2. The number of nitrogens with zero attached hydrogens (tertiary/aromatic N) is 1. The Bertz CT molecular complexity index is 546. The van der Waals surface area contributed by atoms with Crippen LogP contribution in [0.25, 0.3) is 0 Å². The number of rotatable bonds is 4. The van der Waals surface area contributed by atoms with E-state index in [1.54, 1.807) is 5.57 Å². The van der Waals surface area contributed by atoms with Crippen molar-refractivity contribution >= 4 is 6.09 Å². The zero-order chi connectivity index (χ0) is 16.1. The van der Waals surface area contributed by atoms with Gasteiger partial charge in [0, 0.05) is 13.1 Å². The summed E-state index contributed by atoms with van der Waals surface area (Å²) >= 11 is 0. The normalized spacial score (nSPS) is 19.3. The molecule has 2 aliphatic rings. The van der Waals surface area contributed by atoms with E-state index in [0.29, 0.717) is 12.0 Å². The minimum absolute atomic E-state index is 0.162. The molecule has 1 aromatic carbocycles. The maximum atomic E-state index is 12.2. The topological polar surface area (TPSA) is 29.5 Å². The zero-order valence-corrected chi connectivity index (χ0v) is 14.1. The van der Waals surface area contributed by atoms with Crippen molar-refractivity contribution in [2.24, 2.45) is 5.41 Å². The van der Waals surface area contributed by atoms with E-state index in [2.05, 4.69) is 13.0 Å². The number of hydrogen-bond acceptors (Lipinski definition) is 2. The summed E-state index contributed by atoms with van der Waals surface area (Å²) in [6, 6.07) is 9.87. The van der Waals surface area contributed by atoms with Gasteiger partial charge in [-0.15, -0.1) is 0 Å². The second-order valence-corrected chi connectivity index (χ2v) is 7.03. The predicted molar refractivity (Wildman–Crippen MR) is 92.1 cm³/mol. The molecule has 3 heteroatoms. The molecule has 0 radical (unpaired) electrons. The molecule has 3 rings (SSSR count). The first kappa shape index (κ1) is 16.1. The monoisotopic (exact) mass is 313 g/mol. The van der Waals surface area contributed by atoms with Gasteiger partial charge in [-0.25, -0.2) is 4.79 Å². The van der Waals surface area contributed by atoms with Crippen LogP contribution in [0.2, 0.25) is 0 Å².